The summed E-state index contributed by atoms with van der Waals surface area (Å²) >= 11 is 0. The number of likely N-dealkylation sites (tertiary alicyclic amines) is 1. The van der Waals surface area contributed by atoms with E-state index < -0.39 is 22.7 Å². The lowest BCUT2D eigenvalue weighted by atomic mass is 9.94. The number of nitro benzene ring substituents is 1. The lowest BCUT2D eigenvalue weighted by Crippen LogP contribution is -2.29. The van der Waals surface area contributed by atoms with E-state index in [9.17, 15) is 24.8 Å². The van der Waals surface area contributed by atoms with Gasteiger partial charge in [-0.1, -0.05) is 54.6 Å². The first-order valence-electron chi connectivity index (χ1n) is 10.7. The molecule has 3 aromatic carbocycles. The molecule has 1 atom stereocenters. The van der Waals surface area contributed by atoms with Crippen molar-refractivity contribution in [2.45, 2.75) is 19.5 Å². The maximum Gasteiger partial charge on any atom is 0.295 e. The summed E-state index contributed by atoms with van der Waals surface area (Å²) in [6.07, 6.45) is 0. The Balaban J connectivity index is 1.88. The molecule has 0 aromatic heterocycles. The Morgan fingerprint density at radius 3 is 2.47 bits per heavy atom. The zero-order valence-electron chi connectivity index (χ0n) is 18.4. The van der Waals surface area contributed by atoms with E-state index in [0.717, 1.165) is 5.56 Å². The number of rotatable bonds is 7. The molecule has 0 aliphatic carbocycles. The summed E-state index contributed by atoms with van der Waals surface area (Å²) in [5.41, 5.74) is 1.13. The van der Waals surface area contributed by atoms with Crippen molar-refractivity contribution in [2.24, 2.45) is 0 Å². The molecule has 1 N–H and O–H groups in total. The van der Waals surface area contributed by atoms with Gasteiger partial charge < -0.3 is 14.7 Å². The summed E-state index contributed by atoms with van der Waals surface area (Å²) in [5.74, 6) is -1.52. The van der Waals surface area contributed by atoms with Crippen LogP contribution in [0.1, 0.15) is 29.7 Å². The second-order valence-electron chi connectivity index (χ2n) is 7.73. The Bertz CT molecular complexity index is 1290. The fourth-order valence-electron chi connectivity index (χ4n) is 4.03. The molecule has 0 bridgehead atoms. The zero-order chi connectivity index (χ0) is 24.2. The number of nitrogens with zero attached hydrogens (tertiary/aromatic N) is 2. The van der Waals surface area contributed by atoms with Crippen LogP contribution >= 0.6 is 0 Å². The van der Waals surface area contributed by atoms with Gasteiger partial charge in [0.15, 0.2) is 0 Å². The number of non-ortho nitro benzene ring substituents is 1. The van der Waals surface area contributed by atoms with Crippen molar-refractivity contribution >= 4 is 23.1 Å². The first kappa shape index (κ1) is 22.7. The zero-order valence-corrected chi connectivity index (χ0v) is 18.4. The van der Waals surface area contributed by atoms with Crippen LogP contribution in [0.15, 0.2) is 84.4 Å². The standard InChI is InChI=1S/C26H22N2O6/c1-2-34-21-13-7-11-19(15-21)24(29)22-23(18-10-6-12-20(14-18)28(32)33)27(26(31)25(22)30)16-17-8-4-3-5-9-17/h3-15,23,29H,2,16H2,1H3. The minimum atomic E-state index is -1.00. The minimum absolute atomic E-state index is 0.0918. The molecule has 0 saturated carbocycles. The summed E-state index contributed by atoms with van der Waals surface area (Å²) in [5, 5.41) is 22.6. The first-order valence-corrected chi connectivity index (χ1v) is 10.7. The predicted octanol–water partition coefficient (Wildman–Crippen LogP) is 4.62. The van der Waals surface area contributed by atoms with E-state index in [-0.39, 0.29) is 23.6 Å². The second kappa shape index (κ2) is 9.58. The Labute approximate surface area is 195 Å². The lowest BCUT2D eigenvalue weighted by Gasteiger charge is -2.25. The van der Waals surface area contributed by atoms with Gasteiger partial charge in [-0.15, -0.1) is 0 Å². The predicted molar refractivity (Wildman–Crippen MR) is 125 cm³/mol. The van der Waals surface area contributed by atoms with E-state index in [1.54, 1.807) is 30.3 Å². The van der Waals surface area contributed by atoms with Gasteiger partial charge in [0.05, 0.1) is 23.1 Å². The Kier molecular flexibility index (Phi) is 6.40. The number of aliphatic hydroxyl groups excluding tert-OH is 1. The van der Waals surface area contributed by atoms with Crippen molar-refractivity contribution in [2.75, 3.05) is 6.61 Å². The molecule has 3 aromatic rings. The number of amides is 1. The van der Waals surface area contributed by atoms with Crippen molar-refractivity contribution in [3.63, 3.8) is 0 Å². The van der Waals surface area contributed by atoms with Crippen LogP contribution in [0.5, 0.6) is 5.75 Å². The highest BCUT2D eigenvalue weighted by molar-refractivity contribution is 6.46. The number of carbonyl (C=O) groups is 2. The minimum Gasteiger partial charge on any atom is -0.507 e. The van der Waals surface area contributed by atoms with Crippen molar-refractivity contribution in [1.29, 1.82) is 0 Å². The number of ketones is 1. The van der Waals surface area contributed by atoms with Crippen molar-refractivity contribution < 1.29 is 24.4 Å². The highest BCUT2D eigenvalue weighted by Crippen LogP contribution is 2.41. The summed E-state index contributed by atoms with van der Waals surface area (Å²) < 4.78 is 5.49. The Morgan fingerprint density at radius 2 is 1.76 bits per heavy atom. The fraction of sp³-hybridized carbons (Fsp3) is 0.154. The van der Waals surface area contributed by atoms with Crippen molar-refractivity contribution in [3.05, 3.63) is 111 Å². The number of nitro groups is 1. The largest absolute Gasteiger partial charge is 0.507 e. The first-order chi connectivity index (χ1) is 16.4. The van der Waals surface area contributed by atoms with E-state index in [2.05, 4.69) is 0 Å². The van der Waals surface area contributed by atoms with E-state index in [1.165, 1.54) is 23.1 Å². The van der Waals surface area contributed by atoms with Crippen LogP contribution in [0.2, 0.25) is 0 Å². The summed E-state index contributed by atoms with van der Waals surface area (Å²) in [6.45, 7) is 2.33. The molecule has 8 nitrogen and oxygen atoms in total. The van der Waals surface area contributed by atoms with Crippen LogP contribution in [0.25, 0.3) is 5.76 Å². The molecule has 1 amide bonds. The van der Waals surface area contributed by atoms with Gasteiger partial charge in [0, 0.05) is 24.2 Å². The monoisotopic (exact) mass is 458 g/mol. The molecule has 8 heteroatoms. The average molecular weight is 458 g/mol. The SMILES string of the molecule is CCOc1cccc(C(O)=C2C(=O)C(=O)N(Cc3ccccc3)C2c2cccc([N+](=O)[O-])c2)c1. The molecule has 1 aliphatic rings. The molecule has 4 rings (SSSR count). The highest BCUT2D eigenvalue weighted by atomic mass is 16.6. The molecule has 1 heterocycles. The third-order valence-corrected chi connectivity index (χ3v) is 5.55. The second-order valence-corrected chi connectivity index (χ2v) is 7.73. The topological polar surface area (TPSA) is 110 Å². The van der Waals surface area contributed by atoms with E-state index >= 15 is 0 Å². The van der Waals surface area contributed by atoms with Gasteiger partial charge in [0.25, 0.3) is 17.4 Å². The maximum absolute atomic E-state index is 13.2. The fourth-order valence-corrected chi connectivity index (χ4v) is 4.03. The summed E-state index contributed by atoms with van der Waals surface area (Å²) in [6, 6.07) is 20.4. The summed E-state index contributed by atoms with van der Waals surface area (Å²) in [4.78, 5) is 38.4. The van der Waals surface area contributed by atoms with E-state index in [4.69, 9.17) is 4.74 Å². The quantitative estimate of drug-likeness (QED) is 0.182. The van der Waals surface area contributed by atoms with Gasteiger partial charge in [-0.2, -0.15) is 0 Å². The smallest absolute Gasteiger partial charge is 0.295 e. The van der Waals surface area contributed by atoms with Crippen LogP contribution < -0.4 is 4.74 Å². The lowest BCUT2D eigenvalue weighted by molar-refractivity contribution is -0.384. The third kappa shape index (κ3) is 4.38. The number of Topliss-reactive ketones (excluding diaryl/α,β-unsaturated/α-hetero) is 1. The Hall–Kier alpha value is -4.46. The van der Waals surface area contributed by atoms with Gasteiger partial charge in [0.1, 0.15) is 11.5 Å². The molecule has 34 heavy (non-hydrogen) atoms. The highest BCUT2D eigenvalue weighted by Gasteiger charge is 2.46. The molecular formula is C26H22N2O6. The van der Waals surface area contributed by atoms with E-state index in [1.807, 2.05) is 37.3 Å². The van der Waals surface area contributed by atoms with Gasteiger partial charge in [0.2, 0.25) is 0 Å². The number of hydrogen-bond acceptors (Lipinski definition) is 6. The van der Waals surface area contributed by atoms with Gasteiger partial charge in [-0.05, 0) is 30.2 Å². The maximum atomic E-state index is 13.2. The van der Waals surface area contributed by atoms with Gasteiger partial charge in [-0.3, -0.25) is 19.7 Å². The summed E-state index contributed by atoms with van der Waals surface area (Å²) in [7, 11) is 0. The van der Waals surface area contributed by atoms with E-state index in [0.29, 0.717) is 23.5 Å². The molecule has 172 valence electrons. The molecule has 1 aliphatic heterocycles. The van der Waals surface area contributed by atoms with Crippen molar-refractivity contribution in [1.82, 2.24) is 4.90 Å². The molecule has 1 unspecified atom stereocenters. The molecule has 0 radical (unpaired) electrons. The van der Waals surface area contributed by atoms with Crippen LogP contribution in [0.3, 0.4) is 0 Å². The number of ether oxygens (including phenoxy) is 1. The molecule has 1 fully saturated rings. The molecular weight excluding hydrogens is 436 g/mol. The third-order valence-electron chi connectivity index (χ3n) is 5.55. The molecule has 1 saturated heterocycles. The van der Waals surface area contributed by atoms with Gasteiger partial charge >= 0.3 is 0 Å². The number of hydrogen-bond donors (Lipinski definition) is 1. The normalized spacial score (nSPS) is 17.1. The number of carbonyl (C=O) groups excluding carboxylic acids is 2. The van der Waals surface area contributed by atoms with Gasteiger partial charge in [-0.25, -0.2) is 0 Å². The van der Waals surface area contributed by atoms with Crippen LogP contribution in [0.4, 0.5) is 5.69 Å². The number of aliphatic hydroxyl groups is 1. The van der Waals surface area contributed by atoms with Crippen LogP contribution in [-0.2, 0) is 16.1 Å². The van der Waals surface area contributed by atoms with Crippen LogP contribution in [-0.4, -0.2) is 33.2 Å². The van der Waals surface area contributed by atoms with Crippen molar-refractivity contribution in [3.8, 4) is 5.75 Å². The molecule has 0 spiro atoms. The van der Waals surface area contributed by atoms with Crippen LogP contribution in [0, 0.1) is 10.1 Å². The average Bonchev–Trinajstić information content (AvgIpc) is 3.09. The Morgan fingerprint density at radius 1 is 1.03 bits per heavy atom. The number of benzene rings is 3.